The molecule has 52 heavy (non-hydrogen) atoms. The summed E-state index contributed by atoms with van der Waals surface area (Å²) < 4.78 is 28.6. The summed E-state index contributed by atoms with van der Waals surface area (Å²) in [6.07, 6.45) is 15.6. The van der Waals surface area contributed by atoms with Crippen molar-refractivity contribution in [3.63, 3.8) is 0 Å². The van der Waals surface area contributed by atoms with Crippen molar-refractivity contribution in [2.75, 3.05) is 32.9 Å². The lowest BCUT2D eigenvalue weighted by molar-refractivity contribution is -0.132. The van der Waals surface area contributed by atoms with E-state index in [1.54, 1.807) is 0 Å². The van der Waals surface area contributed by atoms with Crippen LogP contribution in [0, 0.1) is 36.5 Å². The first-order valence-corrected chi connectivity index (χ1v) is 20.1. The van der Waals surface area contributed by atoms with Crippen LogP contribution in [0.5, 0.6) is 0 Å². The summed E-state index contributed by atoms with van der Waals surface area (Å²) in [6, 6.07) is 17.1. The van der Waals surface area contributed by atoms with E-state index in [4.69, 9.17) is 12.8 Å². The molecule has 1 aliphatic carbocycles. The van der Waals surface area contributed by atoms with Gasteiger partial charge in [0.15, 0.2) is 0 Å². The highest BCUT2D eigenvalue weighted by Crippen LogP contribution is 2.29. The van der Waals surface area contributed by atoms with Gasteiger partial charge in [0, 0.05) is 39.5 Å². The van der Waals surface area contributed by atoms with Crippen LogP contribution in [-0.2, 0) is 32.6 Å². The molecule has 0 saturated heterocycles. The summed E-state index contributed by atoms with van der Waals surface area (Å²) in [6.45, 7) is 1.37. The minimum atomic E-state index is -3.90. The van der Waals surface area contributed by atoms with Crippen LogP contribution in [-0.4, -0.2) is 96.9 Å². The average Bonchev–Trinajstić information content (AvgIpc) is 3.14. The Morgan fingerprint density at radius 1 is 0.885 bits per heavy atom. The molecule has 3 rings (SSSR count). The van der Waals surface area contributed by atoms with Gasteiger partial charge < -0.3 is 25.7 Å². The molecule has 5 atom stereocenters. The van der Waals surface area contributed by atoms with Crippen LogP contribution in [0.3, 0.4) is 0 Å². The second kappa shape index (κ2) is 22.4. The molecule has 2 aromatic carbocycles. The van der Waals surface area contributed by atoms with Gasteiger partial charge in [0.25, 0.3) is 0 Å². The first-order valence-electron chi connectivity index (χ1n) is 18.5. The molecule has 0 spiro atoms. The highest BCUT2D eigenvalue weighted by molar-refractivity contribution is 7.89. The Morgan fingerprint density at radius 2 is 1.52 bits per heavy atom. The monoisotopic (exact) mass is 734 g/mol. The number of hydrogen-bond acceptors (Lipinski definition) is 7. The van der Waals surface area contributed by atoms with Crippen LogP contribution < -0.4 is 10.6 Å². The van der Waals surface area contributed by atoms with E-state index in [1.165, 1.54) is 11.4 Å². The largest absolute Gasteiger partial charge is 0.390 e. The molecule has 1 saturated carbocycles. The molecule has 11 heteroatoms. The van der Waals surface area contributed by atoms with Gasteiger partial charge >= 0.3 is 0 Å². The van der Waals surface area contributed by atoms with Gasteiger partial charge in [-0.25, -0.2) is 12.7 Å². The number of rotatable bonds is 22. The Bertz CT molecular complexity index is 1550. The number of hydrogen-bond donors (Lipinski definition) is 4. The van der Waals surface area contributed by atoms with Crippen molar-refractivity contribution >= 4 is 21.8 Å². The van der Waals surface area contributed by atoms with E-state index in [0.29, 0.717) is 32.4 Å². The summed E-state index contributed by atoms with van der Waals surface area (Å²) in [5, 5.41) is 27.7. The average molecular weight is 735 g/mol. The maximum Gasteiger partial charge on any atom is 0.243 e. The number of aliphatic hydroxyl groups excluding tert-OH is 2. The van der Waals surface area contributed by atoms with E-state index in [1.807, 2.05) is 72.6 Å². The third-order valence-electron chi connectivity index (χ3n) is 9.90. The highest BCUT2D eigenvalue weighted by Gasteiger charge is 2.35. The van der Waals surface area contributed by atoms with Crippen LogP contribution in [0.4, 0.5) is 0 Å². The Kier molecular flexibility index (Phi) is 18.4. The molecule has 0 aromatic heterocycles. The van der Waals surface area contributed by atoms with Gasteiger partial charge in [-0.1, -0.05) is 92.8 Å². The summed E-state index contributed by atoms with van der Waals surface area (Å²) in [7, 11) is -0.460. The van der Waals surface area contributed by atoms with Gasteiger partial charge in [-0.2, -0.15) is 0 Å². The van der Waals surface area contributed by atoms with Gasteiger partial charge in [0.2, 0.25) is 21.8 Å². The first-order chi connectivity index (χ1) is 24.9. The third-order valence-corrected chi connectivity index (χ3v) is 11.9. The molecular formula is C41H58N4O6S. The van der Waals surface area contributed by atoms with Crippen molar-refractivity contribution in [3.05, 3.63) is 71.8 Å². The van der Waals surface area contributed by atoms with Crippen LogP contribution in [0.15, 0.2) is 60.7 Å². The van der Waals surface area contributed by atoms with Crippen molar-refractivity contribution in [2.24, 2.45) is 11.8 Å². The molecule has 284 valence electrons. The van der Waals surface area contributed by atoms with E-state index in [9.17, 15) is 28.2 Å². The van der Waals surface area contributed by atoms with E-state index in [-0.39, 0.29) is 31.7 Å². The molecule has 1 aliphatic rings. The van der Waals surface area contributed by atoms with Crippen molar-refractivity contribution in [3.8, 4) is 24.7 Å². The van der Waals surface area contributed by atoms with Crippen molar-refractivity contribution < 1.29 is 28.2 Å². The van der Waals surface area contributed by atoms with Gasteiger partial charge in [-0.05, 0) is 49.8 Å². The van der Waals surface area contributed by atoms with E-state index in [0.717, 1.165) is 43.2 Å². The quantitative estimate of drug-likeness (QED) is 0.107. The molecule has 0 aliphatic heterocycles. The first kappa shape index (κ1) is 42.7. The predicted molar refractivity (Wildman–Crippen MR) is 206 cm³/mol. The zero-order valence-electron chi connectivity index (χ0n) is 30.8. The number of terminal acetylenes is 2. The van der Waals surface area contributed by atoms with Crippen LogP contribution in [0.2, 0.25) is 0 Å². The Hall–Kier alpha value is -3.71. The number of benzene rings is 2. The van der Waals surface area contributed by atoms with Crippen LogP contribution in [0.25, 0.3) is 0 Å². The van der Waals surface area contributed by atoms with Gasteiger partial charge in [-0.3, -0.25) is 9.59 Å². The third kappa shape index (κ3) is 14.7. The SMILES string of the molecule is C#CCCCC(O)[C@H](O)C(CC1CCCCC1)NC(=O)[C@H](CC#C)NC(=O)C(Cc1ccccc1)CS(=O)(=O)N(C)CCN(C)Cc1ccccc1. The van der Waals surface area contributed by atoms with Crippen LogP contribution in [0.1, 0.15) is 75.3 Å². The smallest absolute Gasteiger partial charge is 0.243 e. The van der Waals surface area contributed by atoms with Crippen molar-refractivity contribution in [1.29, 1.82) is 0 Å². The van der Waals surface area contributed by atoms with Crippen LogP contribution >= 0.6 is 0 Å². The second-order valence-corrected chi connectivity index (χ2v) is 16.3. The van der Waals surface area contributed by atoms with Crippen molar-refractivity contribution in [2.45, 2.75) is 101 Å². The molecule has 0 bridgehead atoms. The molecule has 0 heterocycles. The van der Waals surface area contributed by atoms with Gasteiger partial charge in [-0.15, -0.1) is 24.7 Å². The number of nitrogens with zero attached hydrogens (tertiary/aromatic N) is 2. The number of carbonyl (C=O) groups excluding carboxylic acids is 2. The lowest BCUT2D eigenvalue weighted by atomic mass is 9.82. The lowest BCUT2D eigenvalue weighted by Crippen LogP contribution is -2.56. The van der Waals surface area contributed by atoms with E-state index in [2.05, 4.69) is 22.5 Å². The Labute approximate surface area is 311 Å². The molecule has 10 nitrogen and oxygen atoms in total. The number of carbonyl (C=O) groups is 2. The maximum absolute atomic E-state index is 13.9. The minimum absolute atomic E-state index is 0.130. The summed E-state index contributed by atoms with van der Waals surface area (Å²) in [4.78, 5) is 29.8. The van der Waals surface area contributed by atoms with E-state index >= 15 is 0 Å². The predicted octanol–water partition coefficient (Wildman–Crippen LogP) is 3.73. The minimum Gasteiger partial charge on any atom is -0.390 e. The molecule has 0 radical (unpaired) electrons. The zero-order chi connectivity index (χ0) is 37.9. The zero-order valence-corrected chi connectivity index (χ0v) is 31.6. The number of sulfonamides is 1. The highest BCUT2D eigenvalue weighted by atomic mass is 32.2. The maximum atomic E-state index is 13.9. The summed E-state index contributed by atoms with van der Waals surface area (Å²) in [5.41, 5.74) is 1.89. The number of nitrogens with one attached hydrogen (secondary N) is 2. The number of likely N-dealkylation sites (N-methyl/N-ethyl adjacent to an activating group) is 2. The van der Waals surface area contributed by atoms with Crippen molar-refractivity contribution in [1.82, 2.24) is 19.8 Å². The molecule has 2 aromatic rings. The standard InChI is InChI=1S/C41H58N4O6S/c1-5-7-11-25-38(46)39(47)37(29-33-21-14-9-15-22-33)43-41(49)36(18-6-2)42-40(48)35(28-32-19-12-8-13-20-32)31-52(50,51)45(4)27-26-44(3)30-34-23-16-10-17-24-34/h1-2,8,10,12-13,16-17,19-20,23-24,33,35-39,46-47H,7,9,11,14-15,18,21-22,25-31H2,3-4H3,(H,42,48)(H,43,49)/t35?,36-,37?,38?,39+/m0/s1. The molecular weight excluding hydrogens is 677 g/mol. The lowest BCUT2D eigenvalue weighted by Gasteiger charge is -2.33. The molecule has 2 amide bonds. The normalized spacial score (nSPS) is 16.6. The molecule has 3 unspecified atom stereocenters. The Morgan fingerprint density at radius 3 is 2.13 bits per heavy atom. The van der Waals surface area contributed by atoms with E-state index < -0.39 is 57.8 Å². The number of aliphatic hydroxyl groups is 2. The fourth-order valence-corrected chi connectivity index (χ4v) is 8.14. The Balaban J connectivity index is 1.74. The van der Waals surface area contributed by atoms with Gasteiger partial charge in [0.05, 0.1) is 29.9 Å². The summed E-state index contributed by atoms with van der Waals surface area (Å²) >= 11 is 0. The second-order valence-electron chi connectivity index (χ2n) is 14.2. The number of unbranched alkanes of at least 4 members (excludes halogenated alkanes) is 1. The molecule has 4 N–H and O–H groups in total. The fraction of sp³-hybridized carbons (Fsp3) is 0.561. The number of amides is 2. The molecule has 1 fully saturated rings. The summed E-state index contributed by atoms with van der Waals surface area (Å²) in [5.74, 6) is 2.56. The fourth-order valence-electron chi connectivity index (χ4n) is 6.75. The topological polar surface area (TPSA) is 139 Å². The van der Waals surface area contributed by atoms with Gasteiger partial charge in [0.1, 0.15) is 6.04 Å².